The summed E-state index contributed by atoms with van der Waals surface area (Å²) in [5, 5.41) is 9.25. The second kappa shape index (κ2) is 5.22. The van der Waals surface area contributed by atoms with Crippen LogP contribution in [0.1, 0.15) is 32.0 Å². The van der Waals surface area contributed by atoms with Gasteiger partial charge in [0.25, 0.3) is 10.0 Å². The number of aryl methyl sites for hydroxylation is 2. The molecule has 2 rings (SSSR count). The molecule has 1 heterocycles. The quantitative estimate of drug-likeness (QED) is 0.771. The van der Waals surface area contributed by atoms with Gasteiger partial charge in [0.05, 0.1) is 0 Å². The Bertz CT molecular complexity index is 547. The fourth-order valence-corrected chi connectivity index (χ4v) is 3.13. The smallest absolute Gasteiger partial charge is 0.259 e. The van der Waals surface area contributed by atoms with Gasteiger partial charge in [-0.3, -0.25) is 0 Å². The molecule has 0 aromatic carbocycles. The number of aromatic nitrogens is 2. The van der Waals surface area contributed by atoms with E-state index >= 15 is 0 Å². The lowest BCUT2D eigenvalue weighted by atomic mass is 10.1. The van der Waals surface area contributed by atoms with Gasteiger partial charge in [0.2, 0.25) is 0 Å². The van der Waals surface area contributed by atoms with Gasteiger partial charge < -0.3 is 9.67 Å². The zero-order chi connectivity index (χ0) is 14.1. The van der Waals surface area contributed by atoms with Crippen LogP contribution in [0.5, 0.6) is 0 Å². The van der Waals surface area contributed by atoms with Crippen molar-refractivity contribution in [3.63, 3.8) is 0 Å². The minimum atomic E-state index is -3.58. The van der Waals surface area contributed by atoms with Crippen LogP contribution < -0.4 is 4.72 Å². The predicted molar refractivity (Wildman–Crippen MR) is 71.2 cm³/mol. The third-order valence-electron chi connectivity index (χ3n) is 3.62. The molecule has 0 saturated heterocycles. The normalized spacial score (nSPS) is 17.6. The van der Waals surface area contributed by atoms with E-state index < -0.39 is 10.0 Å². The Morgan fingerprint density at radius 1 is 1.53 bits per heavy atom. The molecule has 1 aromatic rings. The van der Waals surface area contributed by atoms with Crippen molar-refractivity contribution in [3.05, 3.63) is 12.0 Å². The highest BCUT2D eigenvalue weighted by Gasteiger charge is 2.42. The Morgan fingerprint density at radius 2 is 2.21 bits per heavy atom. The second-order valence-corrected chi connectivity index (χ2v) is 7.02. The zero-order valence-corrected chi connectivity index (χ0v) is 12.2. The molecule has 0 atom stereocenters. The molecule has 0 unspecified atom stereocenters. The lowest BCUT2D eigenvalue weighted by Gasteiger charge is -2.11. The SMILES string of the molecule is CCCn1cc(S(=O)(=O)NCC2(CO)CC2)nc1C. The average molecular weight is 287 g/mol. The van der Waals surface area contributed by atoms with Crippen molar-refractivity contribution in [3.8, 4) is 0 Å². The lowest BCUT2D eigenvalue weighted by Crippen LogP contribution is -2.32. The van der Waals surface area contributed by atoms with E-state index in [0.717, 1.165) is 25.8 Å². The van der Waals surface area contributed by atoms with Crippen molar-refractivity contribution >= 4 is 10.0 Å². The van der Waals surface area contributed by atoms with Crippen LogP contribution in [0.25, 0.3) is 0 Å². The molecule has 6 nitrogen and oxygen atoms in total. The molecule has 1 saturated carbocycles. The maximum Gasteiger partial charge on any atom is 0.259 e. The van der Waals surface area contributed by atoms with E-state index in [4.69, 9.17) is 0 Å². The number of nitrogens with one attached hydrogen (secondary N) is 1. The summed E-state index contributed by atoms with van der Waals surface area (Å²) in [6.45, 7) is 4.90. The number of aliphatic hydroxyl groups is 1. The first-order valence-corrected chi connectivity index (χ1v) is 8.05. The van der Waals surface area contributed by atoms with E-state index in [9.17, 15) is 13.5 Å². The Kier molecular flexibility index (Phi) is 3.98. The molecule has 7 heteroatoms. The van der Waals surface area contributed by atoms with Gasteiger partial charge in [0, 0.05) is 31.3 Å². The van der Waals surface area contributed by atoms with E-state index in [2.05, 4.69) is 9.71 Å². The molecule has 0 bridgehead atoms. The minimum Gasteiger partial charge on any atom is -0.396 e. The Hall–Kier alpha value is -0.920. The molecule has 1 aromatic heterocycles. The summed E-state index contributed by atoms with van der Waals surface area (Å²) in [5.74, 6) is 0.700. The topological polar surface area (TPSA) is 84.2 Å². The third-order valence-corrected chi connectivity index (χ3v) is 4.90. The van der Waals surface area contributed by atoms with Crippen molar-refractivity contribution in [2.75, 3.05) is 13.2 Å². The first-order valence-electron chi connectivity index (χ1n) is 6.57. The van der Waals surface area contributed by atoms with Crippen LogP contribution in [-0.2, 0) is 16.6 Å². The van der Waals surface area contributed by atoms with Gasteiger partial charge in [-0.2, -0.15) is 0 Å². The summed E-state index contributed by atoms with van der Waals surface area (Å²) in [6, 6.07) is 0. The third kappa shape index (κ3) is 3.16. The Labute approximate surface area is 113 Å². The van der Waals surface area contributed by atoms with Crippen LogP contribution in [-0.4, -0.2) is 36.2 Å². The van der Waals surface area contributed by atoms with E-state index in [0.29, 0.717) is 5.82 Å². The van der Waals surface area contributed by atoms with Crippen LogP contribution in [0, 0.1) is 12.3 Å². The molecule has 0 spiro atoms. The van der Waals surface area contributed by atoms with Gasteiger partial charge in [-0.15, -0.1) is 0 Å². The van der Waals surface area contributed by atoms with Gasteiger partial charge >= 0.3 is 0 Å². The van der Waals surface area contributed by atoms with E-state index in [1.54, 1.807) is 13.1 Å². The van der Waals surface area contributed by atoms with E-state index in [1.165, 1.54) is 0 Å². The predicted octanol–water partition coefficient (Wildman–Crippen LogP) is 0.652. The molecular formula is C12H21N3O3S. The molecule has 0 amide bonds. The molecular weight excluding hydrogens is 266 g/mol. The molecule has 1 aliphatic rings. The number of hydrogen-bond acceptors (Lipinski definition) is 4. The largest absolute Gasteiger partial charge is 0.396 e. The molecule has 108 valence electrons. The number of imidazole rings is 1. The number of rotatable bonds is 7. The molecule has 19 heavy (non-hydrogen) atoms. The molecule has 1 fully saturated rings. The van der Waals surface area contributed by atoms with Gasteiger partial charge in [-0.25, -0.2) is 18.1 Å². The number of nitrogens with zero attached hydrogens (tertiary/aromatic N) is 2. The Morgan fingerprint density at radius 3 is 2.74 bits per heavy atom. The fraction of sp³-hybridized carbons (Fsp3) is 0.750. The number of aliphatic hydroxyl groups excluding tert-OH is 1. The maximum atomic E-state index is 12.1. The van der Waals surface area contributed by atoms with Crippen LogP contribution in [0.15, 0.2) is 11.2 Å². The molecule has 0 radical (unpaired) electrons. The second-order valence-electron chi connectivity index (χ2n) is 5.30. The van der Waals surface area contributed by atoms with Gasteiger partial charge in [0.15, 0.2) is 5.03 Å². The van der Waals surface area contributed by atoms with Crippen LogP contribution in [0.4, 0.5) is 0 Å². The maximum absolute atomic E-state index is 12.1. The highest BCUT2D eigenvalue weighted by Crippen LogP contribution is 2.44. The van der Waals surface area contributed by atoms with Crippen LogP contribution in [0.3, 0.4) is 0 Å². The van der Waals surface area contributed by atoms with Crippen molar-refractivity contribution in [1.82, 2.24) is 14.3 Å². The van der Waals surface area contributed by atoms with Crippen molar-refractivity contribution in [2.45, 2.75) is 44.7 Å². The summed E-state index contributed by atoms with van der Waals surface area (Å²) in [5.41, 5.74) is -0.242. The summed E-state index contributed by atoms with van der Waals surface area (Å²) >= 11 is 0. The summed E-state index contributed by atoms with van der Waals surface area (Å²) in [6.07, 6.45) is 4.24. The summed E-state index contributed by atoms with van der Waals surface area (Å²) in [7, 11) is -3.58. The average Bonchev–Trinajstić information content (AvgIpc) is 3.07. The van der Waals surface area contributed by atoms with Crippen LogP contribution in [0.2, 0.25) is 0 Å². The molecule has 1 aliphatic carbocycles. The fourth-order valence-electron chi connectivity index (χ4n) is 1.97. The van der Waals surface area contributed by atoms with Crippen molar-refractivity contribution < 1.29 is 13.5 Å². The summed E-state index contributed by atoms with van der Waals surface area (Å²) in [4.78, 5) is 4.10. The minimum absolute atomic E-state index is 0.0266. The van der Waals surface area contributed by atoms with Gasteiger partial charge in [0.1, 0.15) is 5.82 Å². The van der Waals surface area contributed by atoms with Crippen molar-refractivity contribution in [2.24, 2.45) is 5.41 Å². The Balaban J connectivity index is 2.08. The molecule has 0 aliphatic heterocycles. The number of sulfonamides is 1. The first kappa shape index (κ1) is 14.5. The van der Waals surface area contributed by atoms with Crippen LogP contribution >= 0.6 is 0 Å². The zero-order valence-electron chi connectivity index (χ0n) is 11.4. The van der Waals surface area contributed by atoms with Crippen molar-refractivity contribution in [1.29, 1.82) is 0 Å². The highest BCUT2D eigenvalue weighted by molar-refractivity contribution is 7.89. The monoisotopic (exact) mass is 287 g/mol. The highest BCUT2D eigenvalue weighted by atomic mass is 32.2. The first-order chi connectivity index (χ1) is 8.92. The van der Waals surface area contributed by atoms with E-state index in [1.807, 2.05) is 11.5 Å². The van der Waals surface area contributed by atoms with Gasteiger partial charge in [-0.1, -0.05) is 6.92 Å². The standard InChI is InChI=1S/C12H21N3O3S/c1-3-6-15-7-11(14-10(15)2)19(17,18)13-8-12(9-16)4-5-12/h7,13,16H,3-6,8-9H2,1-2H3. The van der Waals surface area contributed by atoms with Gasteiger partial charge in [-0.05, 0) is 26.2 Å². The lowest BCUT2D eigenvalue weighted by molar-refractivity contribution is 0.213. The van der Waals surface area contributed by atoms with E-state index in [-0.39, 0.29) is 23.6 Å². The molecule has 2 N–H and O–H groups in total. The summed E-state index contributed by atoms with van der Waals surface area (Å²) < 4.78 is 28.6. The number of hydrogen-bond donors (Lipinski definition) is 2.